The highest BCUT2D eigenvalue weighted by atomic mass is 16.8. The maximum absolute atomic E-state index is 13.4. The molecule has 0 radical (unpaired) electrons. The number of rotatable bonds is 11. The fourth-order valence-corrected chi connectivity index (χ4v) is 8.15. The summed E-state index contributed by atoms with van der Waals surface area (Å²) in [7, 11) is 0. The molecular formula is C39H43N9O5. The van der Waals surface area contributed by atoms with Crippen LogP contribution in [0.4, 0.5) is 11.8 Å². The van der Waals surface area contributed by atoms with E-state index in [4.69, 9.17) is 40.6 Å². The summed E-state index contributed by atoms with van der Waals surface area (Å²) < 4.78 is 20.9. The molecule has 0 unspecified atom stereocenters. The van der Waals surface area contributed by atoms with Crippen molar-refractivity contribution in [1.29, 1.82) is 0 Å². The summed E-state index contributed by atoms with van der Waals surface area (Å²) in [5.41, 5.74) is 14.7. The highest BCUT2D eigenvalue weighted by molar-refractivity contribution is 5.94. The number of ether oxygens (including phenoxy) is 3. The Morgan fingerprint density at radius 1 is 1.02 bits per heavy atom. The Morgan fingerprint density at radius 2 is 1.74 bits per heavy atom. The van der Waals surface area contributed by atoms with Gasteiger partial charge in [-0.2, -0.15) is 9.97 Å². The molecule has 53 heavy (non-hydrogen) atoms. The number of primary amides is 2. The summed E-state index contributed by atoms with van der Waals surface area (Å²) in [6.07, 6.45) is 3.95. The monoisotopic (exact) mass is 717 g/mol. The number of aromatic nitrogens is 5. The van der Waals surface area contributed by atoms with Crippen LogP contribution in [0, 0.1) is 0 Å². The van der Waals surface area contributed by atoms with Crippen molar-refractivity contribution >= 4 is 34.7 Å². The van der Waals surface area contributed by atoms with Crippen molar-refractivity contribution in [2.24, 2.45) is 11.5 Å². The second kappa shape index (κ2) is 13.5. The molecule has 5 N–H and O–H groups in total. The van der Waals surface area contributed by atoms with Crippen LogP contribution in [0.15, 0.2) is 85.5 Å². The van der Waals surface area contributed by atoms with E-state index in [1.807, 2.05) is 43.3 Å². The molecule has 3 fully saturated rings. The van der Waals surface area contributed by atoms with E-state index in [2.05, 4.69) is 39.5 Å². The first-order chi connectivity index (χ1) is 25.6. The van der Waals surface area contributed by atoms with Crippen LogP contribution >= 0.6 is 0 Å². The maximum atomic E-state index is 13.4. The molecule has 3 saturated heterocycles. The second-order valence-corrected chi connectivity index (χ2v) is 14.3. The van der Waals surface area contributed by atoms with Gasteiger partial charge in [-0.05, 0) is 49.4 Å². The summed E-state index contributed by atoms with van der Waals surface area (Å²) in [5, 5.41) is 3.62. The van der Waals surface area contributed by atoms with E-state index in [1.165, 1.54) is 0 Å². The second-order valence-electron chi connectivity index (χ2n) is 14.3. The lowest BCUT2D eigenvalue weighted by Gasteiger charge is -2.31. The number of pyridine rings is 1. The van der Waals surface area contributed by atoms with Gasteiger partial charge in [0, 0.05) is 49.4 Å². The molecule has 2 amide bonds. The summed E-state index contributed by atoms with van der Waals surface area (Å²) in [6.45, 7) is 7.14. The van der Waals surface area contributed by atoms with Gasteiger partial charge in [-0.1, -0.05) is 67.6 Å². The third kappa shape index (κ3) is 6.06. The van der Waals surface area contributed by atoms with Crippen molar-refractivity contribution in [3.63, 3.8) is 0 Å². The quantitative estimate of drug-likeness (QED) is 0.178. The van der Waals surface area contributed by atoms with E-state index < -0.39 is 41.6 Å². The molecule has 0 aliphatic carbocycles. The van der Waals surface area contributed by atoms with Crippen molar-refractivity contribution in [2.45, 2.75) is 75.3 Å². The number of carbonyl (C=O) groups is 2. The Kier molecular flexibility index (Phi) is 8.83. The van der Waals surface area contributed by atoms with Gasteiger partial charge in [-0.3, -0.25) is 19.1 Å². The topological polar surface area (TPSA) is 186 Å². The minimum Gasteiger partial charge on any atom is -0.367 e. The maximum Gasteiger partial charge on any atom is 0.257 e. The Morgan fingerprint density at radius 3 is 2.40 bits per heavy atom. The molecule has 0 saturated carbocycles. The lowest BCUT2D eigenvalue weighted by molar-refractivity contribution is -0.217. The predicted molar refractivity (Wildman–Crippen MR) is 197 cm³/mol. The van der Waals surface area contributed by atoms with E-state index in [9.17, 15) is 9.59 Å². The van der Waals surface area contributed by atoms with Gasteiger partial charge in [0.1, 0.15) is 6.10 Å². The van der Waals surface area contributed by atoms with E-state index in [0.717, 1.165) is 23.1 Å². The molecule has 3 aliphatic rings. The number of hydrogen-bond donors (Lipinski definition) is 3. The number of fused-ring (bicyclic) bond motifs is 2. The number of nitrogens with two attached hydrogens (primary N) is 2. The van der Waals surface area contributed by atoms with Crippen LogP contribution in [0.25, 0.3) is 11.2 Å². The SMILES string of the molecule is CC[C@@H]1O[C@@H](n2cnc3c(NCC(c4ccccc4)c4ccccc4)nc(N4CC[C@H](c5cnccc5C(N)=O)C4)nc32)[C@]2(C(N)=O)OC(C)(C)O[C@@H]12. The van der Waals surface area contributed by atoms with Crippen molar-refractivity contribution in [3.05, 3.63) is 108 Å². The number of benzene rings is 2. The van der Waals surface area contributed by atoms with E-state index in [1.54, 1.807) is 43.2 Å². The smallest absolute Gasteiger partial charge is 0.257 e. The van der Waals surface area contributed by atoms with E-state index >= 15 is 0 Å². The lowest BCUT2D eigenvalue weighted by Crippen LogP contribution is -2.55. The van der Waals surface area contributed by atoms with Gasteiger partial charge < -0.3 is 35.9 Å². The van der Waals surface area contributed by atoms with Crippen molar-refractivity contribution in [1.82, 2.24) is 24.5 Å². The van der Waals surface area contributed by atoms with Crippen LogP contribution in [-0.4, -0.2) is 79.5 Å². The Bertz CT molecular complexity index is 2110. The summed E-state index contributed by atoms with van der Waals surface area (Å²) >= 11 is 0. The normalized spacial score (nSPS) is 24.9. The van der Waals surface area contributed by atoms with Crippen LogP contribution in [0.3, 0.4) is 0 Å². The zero-order valence-electron chi connectivity index (χ0n) is 29.9. The molecule has 5 atom stereocenters. The number of amides is 2. The van der Waals surface area contributed by atoms with Crippen molar-refractivity contribution < 1.29 is 23.8 Å². The molecule has 6 heterocycles. The standard InChI is InChI=1S/C39H43N9O5/c1-4-29-31-39(35(41)50,53-38(2,3)52-31)36(51-29)48-22-44-30-33(43-20-27(23-11-7-5-8-12-23)24-13-9-6-10-14-24)45-37(46-34(30)48)47-18-16-25(21-47)28-19-42-17-15-26(28)32(40)49/h5-15,17,19,22,25,27,29,31,36H,4,16,18,20-21H2,1-3H3,(H2,40,49)(H2,41,50)(H,43,45,46)/t25-,29-,31-,36+,39-/m0/s1. The molecule has 0 bridgehead atoms. The molecule has 3 aliphatic heterocycles. The van der Waals surface area contributed by atoms with Gasteiger partial charge >= 0.3 is 0 Å². The van der Waals surface area contributed by atoms with Gasteiger partial charge in [0.2, 0.25) is 17.5 Å². The van der Waals surface area contributed by atoms with Crippen molar-refractivity contribution in [3.8, 4) is 0 Å². The number of anilines is 2. The van der Waals surface area contributed by atoms with Gasteiger partial charge in [-0.15, -0.1) is 0 Å². The zero-order chi connectivity index (χ0) is 36.9. The number of nitrogens with one attached hydrogen (secondary N) is 1. The highest BCUT2D eigenvalue weighted by Crippen LogP contribution is 2.52. The van der Waals surface area contributed by atoms with Crippen LogP contribution in [0.2, 0.25) is 0 Å². The number of carbonyl (C=O) groups excluding carboxylic acids is 2. The van der Waals surface area contributed by atoms with Gasteiger partial charge in [-0.25, -0.2) is 4.98 Å². The van der Waals surface area contributed by atoms with Gasteiger partial charge in [0.15, 0.2) is 29.0 Å². The molecule has 274 valence electrons. The number of hydrogen-bond acceptors (Lipinski definition) is 11. The molecule has 2 aromatic carbocycles. The molecule has 8 rings (SSSR count). The van der Waals surface area contributed by atoms with Crippen LogP contribution in [-0.2, 0) is 19.0 Å². The van der Waals surface area contributed by atoms with E-state index in [0.29, 0.717) is 54.5 Å². The van der Waals surface area contributed by atoms with Gasteiger partial charge in [0.05, 0.1) is 12.4 Å². The molecular weight excluding hydrogens is 674 g/mol. The summed E-state index contributed by atoms with van der Waals surface area (Å²) in [5.74, 6) is -1.34. The Balaban J connectivity index is 1.22. The highest BCUT2D eigenvalue weighted by Gasteiger charge is 2.70. The van der Waals surface area contributed by atoms with Crippen LogP contribution in [0.1, 0.15) is 78.7 Å². The average Bonchev–Trinajstić information content (AvgIpc) is 3.94. The minimum atomic E-state index is -1.63. The van der Waals surface area contributed by atoms with Crippen molar-refractivity contribution in [2.75, 3.05) is 29.9 Å². The Hall–Kier alpha value is -5.44. The largest absolute Gasteiger partial charge is 0.367 e. The molecule has 14 nitrogen and oxygen atoms in total. The molecule has 0 spiro atoms. The van der Waals surface area contributed by atoms with E-state index in [-0.39, 0.29) is 11.8 Å². The number of imidazole rings is 1. The first-order valence-electron chi connectivity index (χ1n) is 18.0. The van der Waals surface area contributed by atoms with Gasteiger partial charge in [0.25, 0.3) is 5.91 Å². The third-order valence-corrected chi connectivity index (χ3v) is 10.6. The minimum absolute atomic E-state index is 0.00412. The zero-order valence-corrected chi connectivity index (χ0v) is 29.9. The molecule has 5 aromatic rings. The summed E-state index contributed by atoms with van der Waals surface area (Å²) in [4.78, 5) is 47.1. The van der Waals surface area contributed by atoms with Crippen LogP contribution < -0.4 is 21.7 Å². The molecule has 14 heteroatoms. The number of nitrogens with zero attached hydrogens (tertiary/aromatic N) is 6. The Labute approximate surface area is 306 Å². The predicted octanol–water partition coefficient (Wildman–Crippen LogP) is 4.24. The third-order valence-electron chi connectivity index (χ3n) is 10.6. The first kappa shape index (κ1) is 34.6. The fourth-order valence-electron chi connectivity index (χ4n) is 8.15. The average molecular weight is 718 g/mol. The first-order valence-corrected chi connectivity index (χ1v) is 18.0. The van der Waals surface area contributed by atoms with Crippen LogP contribution in [0.5, 0.6) is 0 Å². The fraction of sp³-hybridized carbons (Fsp3) is 0.385. The summed E-state index contributed by atoms with van der Waals surface area (Å²) in [6, 6.07) is 22.3. The lowest BCUT2D eigenvalue weighted by atomic mass is 9.91. The molecule has 3 aromatic heterocycles.